The van der Waals surface area contributed by atoms with Gasteiger partial charge in [0.25, 0.3) is 0 Å². The lowest BCUT2D eigenvalue weighted by molar-refractivity contribution is 0.195. The number of nitrogens with zero attached hydrogens (tertiary/aromatic N) is 1. The van der Waals surface area contributed by atoms with Crippen LogP contribution >= 0.6 is 12.4 Å². The van der Waals surface area contributed by atoms with Gasteiger partial charge in [0.2, 0.25) is 0 Å². The second kappa shape index (κ2) is 9.98. The van der Waals surface area contributed by atoms with E-state index in [1.54, 1.807) is 0 Å². The Bertz CT molecular complexity index is 660. The lowest BCUT2D eigenvalue weighted by Crippen LogP contribution is -2.36. The normalized spacial score (nSPS) is 24.8. The molecule has 0 aromatic heterocycles. The van der Waals surface area contributed by atoms with Crippen LogP contribution in [0.1, 0.15) is 75.3 Å². The van der Waals surface area contributed by atoms with Crippen LogP contribution in [-0.2, 0) is 6.42 Å². The summed E-state index contributed by atoms with van der Waals surface area (Å²) in [4.78, 5) is 14.6. The summed E-state index contributed by atoms with van der Waals surface area (Å²) in [6.07, 6.45) is 11.7. The number of likely N-dealkylation sites (tertiary alicyclic amines) is 1. The minimum Gasteiger partial charge on any atom is -0.410 e. The van der Waals surface area contributed by atoms with Crippen molar-refractivity contribution in [2.24, 2.45) is 5.92 Å². The molecule has 5 heteroatoms. The van der Waals surface area contributed by atoms with Crippen molar-refractivity contribution in [3.8, 4) is 5.75 Å². The van der Waals surface area contributed by atoms with Crippen LogP contribution in [0.3, 0.4) is 0 Å². The van der Waals surface area contributed by atoms with Gasteiger partial charge in [-0.2, -0.15) is 0 Å². The van der Waals surface area contributed by atoms with Gasteiger partial charge in [-0.3, -0.25) is 4.90 Å². The van der Waals surface area contributed by atoms with E-state index in [-0.39, 0.29) is 18.5 Å². The quantitative estimate of drug-likeness (QED) is 0.722. The molecule has 1 saturated carbocycles. The highest BCUT2D eigenvalue weighted by Crippen LogP contribution is 2.44. The minimum atomic E-state index is -0.339. The Labute approximate surface area is 175 Å². The van der Waals surface area contributed by atoms with E-state index >= 15 is 0 Å². The first-order valence-corrected chi connectivity index (χ1v) is 11.1. The van der Waals surface area contributed by atoms with Gasteiger partial charge >= 0.3 is 6.09 Å². The highest BCUT2D eigenvalue weighted by Gasteiger charge is 2.39. The molecule has 2 fully saturated rings. The lowest BCUT2D eigenvalue weighted by Gasteiger charge is -2.35. The molecule has 0 unspecified atom stereocenters. The molecule has 3 aliphatic rings. The first-order valence-electron chi connectivity index (χ1n) is 11.1. The van der Waals surface area contributed by atoms with Crippen LogP contribution in [0.15, 0.2) is 18.2 Å². The van der Waals surface area contributed by atoms with Crippen molar-refractivity contribution in [2.75, 3.05) is 19.6 Å². The number of fused-ring (bicyclic) bond motifs is 3. The van der Waals surface area contributed by atoms with Crippen molar-refractivity contribution in [3.63, 3.8) is 0 Å². The molecule has 2 aliphatic carbocycles. The van der Waals surface area contributed by atoms with Crippen LogP contribution in [0.25, 0.3) is 0 Å². The van der Waals surface area contributed by atoms with Crippen LogP contribution in [0.4, 0.5) is 4.79 Å². The molecule has 1 heterocycles. The minimum absolute atomic E-state index is 0. The number of amides is 1. The van der Waals surface area contributed by atoms with E-state index in [1.807, 2.05) is 13.0 Å². The fourth-order valence-corrected chi connectivity index (χ4v) is 5.63. The summed E-state index contributed by atoms with van der Waals surface area (Å²) in [6, 6.07) is 6.95. The molecular formula is C23H35ClN2O2. The molecular weight excluding hydrogens is 372 g/mol. The fraction of sp³-hybridized carbons (Fsp3) is 0.696. The summed E-state index contributed by atoms with van der Waals surface area (Å²) in [5, 5.41) is 2.73. The Morgan fingerprint density at radius 2 is 2.00 bits per heavy atom. The topological polar surface area (TPSA) is 41.6 Å². The average Bonchev–Trinajstić information content (AvgIpc) is 3.11. The number of benzene rings is 1. The SMILES string of the molecule is CCNC(=O)Oc1cccc2c1CC[C@H]1[C@@H]2CCN1CCC1CCCCC1.Cl. The summed E-state index contributed by atoms with van der Waals surface area (Å²) in [5.74, 6) is 2.33. The standard InChI is InChI=1S/C23H34N2O2.ClH/c1-2-24-23(26)27-22-10-6-9-18-19-14-16-25(21(19)12-11-20(18)22)15-13-17-7-4-3-5-8-17;/h6,9-10,17,19,21H,2-5,7-8,11-16H2,1H3,(H,24,26);1H/t19-,21+;/m1./s1. The first kappa shape index (κ1) is 21.4. The van der Waals surface area contributed by atoms with Gasteiger partial charge in [0.05, 0.1) is 0 Å². The number of carbonyl (C=O) groups excluding carboxylic acids is 1. The molecule has 156 valence electrons. The number of nitrogens with one attached hydrogen (secondary N) is 1. The van der Waals surface area contributed by atoms with E-state index in [0.29, 0.717) is 18.5 Å². The van der Waals surface area contributed by atoms with Crippen LogP contribution in [-0.4, -0.2) is 36.7 Å². The summed E-state index contributed by atoms with van der Waals surface area (Å²) >= 11 is 0. The third kappa shape index (κ3) is 4.65. The van der Waals surface area contributed by atoms with E-state index in [9.17, 15) is 4.79 Å². The molecule has 1 aromatic rings. The third-order valence-corrected chi connectivity index (χ3v) is 6.99. The van der Waals surface area contributed by atoms with Crippen molar-refractivity contribution in [1.29, 1.82) is 0 Å². The molecule has 0 bridgehead atoms. The number of carbonyl (C=O) groups is 1. The number of halogens is 1. The van der Waals surface area contributed by atoms with Crippen LogP contribution in [0, 0.1) is 5.92 Å². The molecule has 2 atom stereocenters. The molecule has 28 heavy (non-hydrogen) atoms. The van der Waals surface area contributed by atoms with Crippen LogP contribution in [0.5, 0.6) is 5.75 Å². The maximum absolute atomic E-state index is 11.9. The van der Waals surface area contributed by atoms with Gasteiger partial charge in [0.15, 0.2) is 0 Å². The van der Waals surface area contributed by atoms with E-state index in [4.69, 9.17) is 4.74 Å². The highest BCUT2D eigenvalue weighted by atomic mass is 35.5. The van der Waals surface area contributed by atoms with Gasteiger partial charge in [-0.25, -0.2) is 4.79 Å². The Hall–Kier alpha value is -1.26. The lowest BCUT2D eigenvalue weighted by atomic mass is 9.79. The zero-order chi connectivity index (χ0) is 18.6. The van der Waals surface area contributed by atoms with E-state index < -0.39 is 0 Å². The number of ether oxygens (including phenoxy) is 1. The Kier molecular flexibility index (Phi) is 7.64. The molecule has 1 saturated heterocycles. The molecule has 1 N–H and O–H groups in total. The Morgan fingerprint density at radius 1 is 1.18 bits per heavy atom. The second-order valence-electron chi connectivity index (χ2n) is 8.57. The molecule has 4 rings (SSSR count). The van der Waals surface area contributed by atoms with Crippen molar-refractivity contribution < 1.29 is 9.53 Å². The van der Waals surface area contributed by atoms with Crippen molar-refractivity contribution >= 4 is 18.5 Å². The molecule has 0 spiro atoms. The Morgan fingerprint density at radius 3 is 2.79 bits per heavy atom. The number of hydrogen-bond donors (Lipinski definition) is 1. The van der Waals surface area contributed by atoms with Gasteiger partial charge in [-0.15, -0.1) is 12.4 Å². The van der Waals surface area contributed by atoms with Crippen LogP contribution in [0.2, 0.25) is 0 Å². The van der Waals surface area contributed by atoms with Gasteiger partial charge in [0, 0.05) is 18.5 Å². The molecule has 1 aromatic carbocycles. The number of rotatable bonds is 5. The smallest absolute Gasteiger partial charge is 0.410 e. The monoisotopic (exact) mass is 406 g/mol. The number of hydrogen-bond acceptors (Lipinski definition) is 3. The molecule has 4 nitrogen and oxygen atoms in total. The molecule has 1 amide bonds. The van der Waals surface area contributed by atoms with Crippen molar-refractivity contribution in [1.82, 2.24) is 10.2 Å². The molecule has 1 aliphatic heterocycles. The summed E-state index contributed by atoms with van der Waals surface area (Å²) in [7, 11) is 0. The van der Waals surface area contributed by atoms with Gasteiger partial charge in [0.1, 0.15) is 5.75 Å². The van der Waals surface area contributed by atoms with Gasteiger partial charge in [-0.1, -0.05) is 44.2 Å². The van der Waals surface area contributed by atoms with Crippen LogP contribution < -0.4 is 10.1 Å². The summed E-state index contributed by atoms with van der Waals surface area (Å²) < 4.78 is 5.59. The van der Waals surface area contributed by atoms with E-state index in [1.165, 1.54) is 75.6 Å². The highest BCUT2D eigenvalue weighted by molar-refractivity contribution is 5.85. The molecule has 0 radical (unpaired) electrons. The van der Waals surface area contributed by atoms with E-state index in [2.05, 4.69) is 22.3 Å². The maximum Gasteiger partial charge on any atom is 0.412 e. The zero-order valence-corrected chi connectivity index (χ0v) is 17.9. The summed E-state index contributed by atoms with van der Waals surface area (Å²) in [6.45, 7) is 5.00. The summed E-state index contributed by atoms with van der Waals surface area (Å²) in [5.41, 5.74) is 2.69. The zero-order valence-electron chi connectivity index (χ0n) is 17.1. The predicted molar refractivity (Wildman–Crippen MR) is 116 cm³/mol. The van der Waals surface area contributed by atoms with Gasteiger partial charge in [-0.05, 0) is 68.8 Å². The largest absolute Gasteiger partial charge is 0.412 e. The van der Waals surface area contributed by atoms with E-state index in [0.717, 1.165) is 18.1 Å². The average molecular weight is 407 g/mol. The fourth-order valence-electron chi connectivity index (χ4n) is 5.63. The van der Waals surface area contributed by atoms with Crippen molar-refractivity contribution in [2.45, 2.75) is 76.7 Å². The maximum atomic E-state index is 11.9. The second-order valence-corrected chi connectivity index (χ2v) is 8.57. The van der Waals surface area contributed by atoms with Gasteiger partial charge < -0.3 is 10.1 Å². The third-order valence-electron chi connectivity index (χ3n) is 6.99. The Balaban J connectivity index is 0.00000225. The first-order chi connectivity index (χ1) is 13.3. The predicted octanol–water partition coefficient (Wildman–Crippen LogP) is 5.29. The van der Waals surface area contributed by atoms with Crippen molar-refractivity contribution in [3.05, 3.63) is 29.3 Å².